The molecule has 0 aliphatic heterocycles. The van der Waals surface area contributed by atoms with E-state index in [2.05, 4.69) is 54.6 Å². The van der Waals surface area contributed by atoms with Gasteiger partial charge in [0.25, 0.3) is 0 Å². The van der Waals surface area contributed by atoms with Crippen LogP contribution in [0.4, 0.5) is 0 Å². The molecule has 0 saturated heterocycles. The van der Waals surface area contributed by atoms with E-state index in [1.54, 1.807) is 0 Å². The molecule has 2 aliphatic carbocycles. The van der Waals surface area contributed by atoms with Gasteiger partial charge in [-0.1, -0.05) is 54.6 Å². The first-order chi connectivity index (χ1) is 9.79. The number of aliphatic hydroxyl groups is 1. The predicted octanol–water partition coefficient (Wildman–Crippen LogP) is 4.01. The van der Waals surface area contributed by atoms with E-state index in [0.717, 1.165) is 25.7 Å². The second-order valence-corrected chi connectivity index (χ2v) is 6.29. The van der Waals surface area contributed by atoms with Crippen molar-refractivity contribution in [2.75, 3.05) is 0 Å². The molecule has 0 spiro atoms. The summed E-state index contributed by atoms with van der Waals surface area (Å²) in [4.78, 5) is 0. The fourth-order valence-electron chi connectivity index (χ4n) is 4.02. The van der Waals surface area contributed by atoms with Crippen LogP contribution in [0.3, 0.4) is 0 Å². The molecule has 0 amide bonds. The van der Waals surface area contributed by atoms with E-state index in [1.807, 2.05) is 0 Å². The van der Waals surface area contributed by atoms with E-state index in [0.29, 0.717) is 11.8 Å². The van der Waals surface area contributed by atoms with Gasteiger partial charge in [-0.3, -0.25) is 0 Å². The van der Waals surface area contributed by atoms with Crippen molar-refractivity contribution in [3.05, 3.63) is 71.3 Å². The Morgan fingerprint density at radius 1 is 0.950 bits per heavy atom. The van der Waals surface area contributed by atoms with Gasteiger partial charge >= 0.3 is 0 Å². The molecule has 0 radical (unpaired) electrons. The number of benzene rings is 2. The van der Waals surface area contributed by atoms with Crippen molar-refractivity contribution >= 4 is 0 Å². The van der Waals surface area contributed by atoms with Crippen LogP contribution in [0.5, 0.6) is 0 Å². The topological polar surface area (TPSA) is 20.2 Å². The first kappa shape index (κ1) is 12.2. The number of hydrogen-bond acceptors (Lipinski definition) is 1. The lowest BCUT2D eigenvalue weighted by atomic mass is 9.75. The zero-order valence-electron chi connectivity index (χ0n) is 11.6. The summed E-state index contributed by atoms with van der Waals surface area (Å²) < 4.78 is 0. The van der Waals surface area contributed by atoms with E-state index >= 15 is 0 Å². The van der Waals surface area contributed by atoms with Crippen molar-refractivity contribution in [1.29, 1.82) is 0 Å². The largest absolute Gasteiger partial charge is 0.385 e. The molecule has 2 aliphatic rings. The van der Waals surface area contributed by atoms with Crippen LogP contribution < -0.4 is 0 Å². The Morgan fingerprint density at radius 3 is 2.55 bits per heavy atom. The fraction of sp³-hybridized carbons (Fsp3) is 0.368. The smallest absolute Gasteiger partial charge is 0.0933 e. The van der Waals surface area contributed by atoms with Gasteiger partial charge in [0, 0.05) is 0 Å². The van der Waals surface area contributed by atoms with Gasteiger partial charge in [0.2, 0.25) is 0 Å². The van der Waals surface area contributed by atoms with Crippen LogP contribution in [0.1, 0.15) is 41.9 Å². The van der Waals surface area contributed by atoms with Gasteiger partial charge in [-0.2, -0.15) is 0 Å². The first-order valence-electron chi connectivity index (χ1n) is 7.65. The zero-order chi connectivity index (χ0) is 13.6. The molecule has 0 aromatic heterocycles. The van der Waals surface area contributed by atoms with Crippen LogP contribution in [0.25, 0.3) is 0 Å². The zero-order valence-corrected chi connectivity index (χ0v) is 11.6. The van der Waals surface area contributed by atoms with Gasteiger partial charge in [0.15, 0.2) is 0 Å². The van der Waals surface area contributed by atoms with Crippen LogP contribution in [0.2, 0.25) is 0 Å². The van der Waals surface area contributed by atoms with Gasteiger partial charge in [0.1, 0.15) is 0 Å². The quantitative estimate of drug-likeness (QED) is 0.868. The minimum Gasteiger partial charge on any atom is -0.385 e. The summed E-state index contributed by atoms with van der Waals surface area (Å²) in [6, 6.07) is 19.1. The summed E-state index contributed by atoms with van der Waals surface area (Å²) in [7, 11) is 0. The molecule has 1 heteroatoms. The van der Waals surface area contributed by atoms with Crippen molar-refractivity contribution in [2.45, 2.75) is 37.2 Å². The molecule has 1 saturated carbocycles. The highest BCUT2D eigenvalue weighted by Gasteiger charge is 2.54. The Kier molecular flexibility index (Phi) is 2.71. The Morgan fingerprint density at radius 2 is 1.70 bits per heavy atom. The maximum absolute atomic E-state index is 11.3. The Labute approximate surface area is 120 Å². The van der Waals surface area contributed by atoms with E-state index in [4.69, 9.17) is 0 Å². The molecule has 2 aromatic rings. The first-order valence-corrected chi connectivity index (χ1v) is 7.65. The van der Waals surface area contributed by atoms with Crippen molar-refractivity contribution in [3.8, 4) is 0 Å². The third-order valence-corrected chi connectivity index (χ3v) is 5.12. The van der Waals surface area contributed by atoms with E-state index in [-0.39, 0.29) is 0 Å². The van der Waals surface area contributed by atoms with Crippen molar-refractivity contribution in [2.24, 2.45) is 5.92 Å². The van der Waals surface area contributed by atoms with Crippen LogP contribution >= 0.6 is 0 Å². The minimum absolute atomic E-state index is 0.395. The predicted molar refractivity (Wildman–Crippen MR) is 80.6 cm³/mol. The lowest BCUT2D eigenvalue weighted by Crippen LogP contribution is -2.33. The lowest BCUT2D eigenvalue weighted by molar-refractivity contribution is -0.00599. The van der Waals surface area contributed by atoms with Crippen molar-refractivity contribution in [3.63, 3.8) is 0 Å². The molecule has 1 nitrogen and oxygen atoms in total. The van der Waals surface area contributed by atoms with Gasteiger partial charge < -0.3 is 5.11 Å². The van der Waals surface area contributed by atoms with Crippen LogP contribution in [-0.2, 0) is 12.0 Å². The van der Waals surface area contributed by atoms with Crippen LogP contribution in [-0.4, -0.2) is 5.11 Å². The SMILES string of the molecule is OC1(C2CC2c2ccccc2)CCCc2ccccc21. The Balaban J connectivity index is 1.67. The highest BCUT2D eigenvalue weighted by molar-refractivity contribution is 5.39. The highest BCUT2D eigenvalue weighted by Crippen LogP contribution is 2.59. The van der Waals surface area contributed by atoms with Gasteiger partial charge in [-0.15, -0.1) is 0 Å². The van der Waals surface area contributed by atoms with Crippen LogP contribution in [0, 0.1) is 5.92 Å². The molecule has 4 rings (SSSR count). The standard InChI is InChI=1S/C19H20O/c20-19(12-6-10-15-9-4-5-11-17(15)19)18-13-16(18)14-7-2-1-3-8-14/h1-5,7-9,11,16,18,20H,6,10,12-13H2. The number of fused-ring (bicyclic) bond motifs is 1. The molecular weight excluding hydrogens is 244 g/mol. The summed E-state index contributed by atoms with van der Waals surface area (Å²) in [5.41, 5.74) is 3.32. The molecule has 1 fully saturated rings. The molecule has 1 N–H and O–H groups in total. The van der Waals surface area contributed by atoms with Crippen molar-refractivity contribution < 1.29 is 5.11 Å². The molecule has 102 valence electrons. The summed E-state index contributed by atoms with van der Waals surface area (Å²) in [5, 5.41) is 11.3. The maximum Gasteiger partial charge on any atom is 0.0933 e. The maximum atomic E-state index is 11.3. The van der Waals surface area contributed by atoms with E-state index in [9.17, 15) is 5.11 Å². The monoisotopic (exact) mass is 264 g/mol. The molecule has 3 unspecified atom stereocenters. The summed E-state index contributed by atoms with van der Waals surface area (Å²) in [5.74, 6) is 0.929. The van der Waals surface area contributed by atoms with E-state index < -0.39 is 5.60 Å². The summed E-state index contributed by atoms with van der Waals surface area (Å²) >= 11 is 0. The molecule has 2 aromatic carbocycles. The van der Waals surface area contributed by atoms with Gasteiger partial charge in [-0.25, -0.2) is 0 Å². The minimum atomic E-state index is -0.602. The highest BCUT2D eigenvalue weighted by atomic mass is 16.3. The summed E-state index contributed by atoms with van der Waals surface area (Å²) in [6.45, 7) is 0. The number of rotatable bonds is 2. The number of hydrogen-bond donors (Lipinski definition) is 1. The van der Waals surface area contributed by atoms with Crippen molar-refractivity contribution in [1.82, 2.24) is 0 Å². The van der Waals surface area contributed by atoms with Crippen LogP contribution in [0.15, 0.2) is 54.6 Å². The molecule has 3 atom stereocenters. The second-order valence-electron chi connectivity index (χ2n) is 6.29. The molecule has 0 heterocycles. The number of aryl methyl sites for hydroxylation is 1. The van der Waals surface area contributed by atoms with Gasteiger partial charge in [0.05, 0.1) is 5.60 Å². The lowest BCUT2D eigenvalue weighted by Gasteiger charge is -2.35. The molecule has 20 heavy (non-hydrogen) atoms. The van der Waals surface area contributed by atoms with Gasteiger partial charge in [-0.05, 0) is 54.2 Å². The third-order valence-electron chi connectivity index (χ3n) is 5.12. The molecule has 0 bridgehead atoms. The summed E-state index contributed by atoms with van der Waals surface area (Å²) in [6.07, 6.45) is 4.25. The average Bonchev–Trinajstić information content (AvgIpc) is 3.30. The van der Waals surface area contributed by atoms with E-state index in [1.165, 1.54) is 16.7 Å². The second kappa shape index (κ2) is 4.46. The third kappa shape index (κ3) is 1.81. The fourth-order valence-corrected chi connectivity index (χ4v) is 4.02. The Hall–Kier alpha value is -1.60. The Bertz CT molecular complexity index is 619. The normalized spacial score (nSPS) is 31.6. The molecular formula is C19H20O. The average molecular weight is 264 g/mol.